The molecule has 1 aromatic heterocycles. The number of thioether (sulfide) groups is 1. The molecule has 0 aliphatic carbocycles. The highest BCUT2D eigenvalue weighted by atomic mass is 32.2. The van der Waals surface area contributed by atoms with Gasteiger partial charge in [-0.25, -0.2) is 4.98 Å². The van der Waals surface area contributed by atoms with Gasteiger partial charge in [0.2, 0.25) is 11.8 Å². The van der Waals surface area contributed by atoms with Gasteiger partial charge in [-0.2, -0.15) is 16.7 Å². The van der Waals surface area contributed by atoms with Crippen LogP contribution in [-0.4, -0.2) is 45.0 Å². The Morgan fingerprint density at radius 1 is 1.38 bits per heavy atom. The van der Waals surface area contributed by atoms with Gasteiger partial charge in [0.1, 0.15) is 5.69 Å². The maximum atomic E-state index is 11.4. The lowest BCUT2D eigenvalue weighted by Gasteiger charge is -2.35. The Labute approximate surface area is 128 Å². The quantitative estimate of drug-likeness (QED) is 0.675. The molecule has 1 aromatic rings. The zero-order valence-electron chi connectivity index (χ0n) is 12.8. The van der Waals surface area contributed by atoms with Crippen molar-refractivity contribution in [2.24, 2.45) is 0 Å². The lowest BCUT2D eigenvalue weighted by atomic mass is 10.2. The number of hydrogen-bond acceptors (Lipinski definition) is 7. The molecule has 116 valence electrons. The van der Waals surface area contributed by atoms with E-state index in [0.29, 0.717) is 34.5 Å². The van der Waals surface area contributed by atoms with Crippen molar-refractivity contribution in [1.29, 1.82) is 0 Å². The molecule has 21 heavy (non-hydrogen) atoms. The van der Waals surface area contributed by atoms with Gasteiger partial charge in [0.05, 0.1) is 4.92 Å². The highest BCUT2D eigenvalue weighted by molar-refractivity contribution is 8.00. The summed E-state index contributed by atoms with van der Waals surface area (Å²) in [5.74, 6) is 0.886. The van der Waals surface area contributed by atoms with Crippen LogP contribution in [0.1, 0.15) is 26.5 Å². The fourth-order valence-electron chi connectivity index (χ4n) is 2.57. The van der Waals surface area contributed by atoms with Gasteiger partial charge in [0, 0.05) is 30.1 Å². The van der Waals surface area contributed by atoms with E-state index in [4.69, 9.17) is 0 Å². The maximum Gasteiger partial charge on any atom is 0.332 e. The van der Waals surface area contributed by atoms with Gasteiger partial charge in [-0.3, -0.25) is 10.1 Å². The Kier molecular flexibility index (Phi) is 4.87. The van der Waals surface area contributed by atoms with Crippen LogP contribution in [0.4, 0.5) is 17.5 Å². The van der Waals surface area contributed by atoms with E-state index in [2.05, 4.69) is 29.1 Å². The molecule has 1 aliphatic heterocycles. The lowest BCUT2D eigenvalue weighted by molar-refractivity contribution is -0.385. The molecule has 0 amide bonds. The number of nitrogens with zero attached hydrogens (tertiary/aromatic N) is 4. The molecule has 1 aliphatic rings. The summed E-state index contributed by atoms with van der Waals surface area (Å²) in [6, 6.07) is 0. The van der Waals surface area contributed by atoms with Crippen molar-refractivity contribution in [1.82, 2.24) is 9.97 Å². The molecule has 2 atom stereocenters. The molecule has 0 bridgehead atoms. The summed E-state index contributed by atoms with van der Waals surface area (Å²) < 4.78 is 0. The second-order valence-corrected chi connectivity index (χ2v) is 7.14. The van der Waals surface area contributed by atoms with E-state index in [1.807, 2.05) is 23.6 Å². The monoisotopic (exact) mass is 311 g/mol. The summed E-state index contributed by atoms with van der Waals surface area (Å²) >= 11 is 1.90. The number of rotatable bonds is 4. The number of hydrogen-bond donors (Lipinski definition) is 1. The van der Waals surface area contributed by atoms with Crippen LogP contribution in [0.2, 0.25) is 0 Å². The highest BCUT2D eigenvalue weighted by Crippen LogP contribution is 2.34. The summed E-state index contributed by atoms with van der Waals surface area (Å²) in [6.07, 6.45) is 0. The van der Waals surface area contributed by atoms with Gasteiger partial charge in [0.25, 0.3) is 0 Å². The van der Waals surface area contributed by atoms with Gasteiger partial charge in [-0.1, -0.05) is 13.8 Å². The van der Waals surface area contributed by atoms with E-state index in [-0.39, 0.29) is 10.6 Å². The van der Waals surface area contributed by atoms with Crippen LogP contribution in [0.15, 0.2) is 0 Å². The molecule has 7 nitrogen and oxygen atoms in total. The van der Waals surface area contributed by atoms with Crippen LogP contribution < -0.4 is 10.2 Å². The number of nitrogens with one attached hydrogen (secondary N) is 1. The molecule has 1 fully saturated rings. The van der Waals surface area contributed by atoms with Gasteiger partial charge < -0.3 is 10.2 Å². The van der Waals surface area contributed by atoms with Gasteiger partial charge in [-0.15, -0.1) is 0 Å². The van der Waals surface area contributed by atoms with Crippen LogP contribution >= 0.6 is 11.8 Å². The van der Waals surface area contributed by atoms with Gasteiger partial charge >= 0.3 is 5.69 Å². The number of nitro groups is 1. The standard InChI is InChI=1S/C13H21N5O2S/c1-5-14-13-15-10(4)11(18(19)20)12(16-13)17-6-8(2)21-9(3)7-17/h8-9H,5-7H2,1-4H3,(H,14,15,16). The molecule has 0 spiro atoms. The summed E-state index contributed by atoms with van der Waals surface area (Å²) in [7, 11) is 0. The fourth-order valence-corrected chi connectivity index (χ4v) is 3.90. The van der Waals surface area contributed by atoms with Crippen LogP contribution in [-0.2, 0) is 0 Å². The fraction of sp³-hybridized carbons (Fsp3) is 0.692. The van der Waals surface area contributed by atoms with Crippen molar-refractivity contribution < 1.29 is 4.92 Å². The first-order chi connectivity index (χ1) is 9.92. The van der Waals surface area contributed by atoms with Gasteiger partial charge in [-0.05, 0) is 13.8 Å². The topological polar surface area (TPSA) is 84.2 Å². The van der Waals surface area contributed by atoms with Crippen LogP contribution in [0.5, 0.6) is 0 Å². The molecule has 0 aromatic carbocycles. The predicted molar refractivity (Wildman–Crippen MR) is 86.3 cm³/mol. The molecule has 2 heterocycles. The molecule has 1 N–H and O–H groups in total. The molecule has 0 radical (unpaired) electrons. The van der Waals surface area contributed by atoms with E-state index in [1.165, 1.54) is 0 Å². The SMILES string of the molecule is CCNc1nc(C)c([N+](=O)[O-])c(N2CC(C)SC(C)C2)n1. The molecular weight excluding hydrogens is 290 g/mol. The minimum absolute atomic E-state index is 0.0166. The second-order valence-electron chi connectivity index (χ2n) is 5.25. The molecule has 2 rings (SSSR count). The Morgan fingerprint density at radius 3 is 2.52 bits per heavy atom. The van der Waals surface area contributed by atoms with Crippen LogP contribution in [0.3, 0.4) is 0 Å². The summed E-state index contributed by atoms with van der Waals surface area (Å²) in [5, 5.41) is 15.3. The van der Waals surface area contributed by atoms with Crippen molar-refractivity contribution in [3.8, 4) is 0 Å². The average Bonchev–Trinajstić information content (AvgIpc) is 2.36. The third-order valence-electron chi connectivity index (χ3n) is 3.28. The van der Waals surface area contributed by atoms with Crippen molar-refractivity contribution in [2.75, 3.05) is 29.9 Å². The summed E-state index contributed by atoms with van der Waals surface area (Å²) in [6.45, 7) is 10.1. The predicted octanol–water partition coefficient (Wildman–Crippen LogP) is 2.46. The number of aryl methyl sites for hydroxylation is 1. The molecule has 8 heteroatoms. The largest absolute Gasteiger partial charge is 0.354 e. The maximum absolute atomic E-state index is 11.4. The third-order valence-corrected chi connectivity index (χ3v) is 4.50. The van der Waals surface area contributed by atoms with E-state index >= 15 is 0 Å². The van der Waals surface area contributed by atoms with E-state index in [1.54, 1.807) is 6.92 Å². The Morgan fingerprint density at radius 2 is 2.00 bits per heavy atom. The van der Waals surface area contributed by atoms with Crippen molar-refractivity contribution >= 4 is 29.2 Å². The molecule has 2 unspecified atom stereocenters. The van der Waals surface area contributed by atoms with Crippen LogP contribution in [0, 0.1) is 17.0 Å². The van der Waals surface area contributed by atoms with E-state index in [9.17, 15) is 10.1 Å². The van der Waals surface area contributed by atoms with E-state index < -0.39 is 0 Å². The van der Waals surface area contributed by atoms with Crippen molar-refractivity contribution in [3.63, 3.8) is 0 Å². The first kappa shape index (κ1) is 15.8. The third kappa shape index (κ3) is 3.55. The number of anilines is 2. The zero-order chi connectivity index (χ0) is 15.6. The Bertz CT molecular complexity index is 530. The smallest absolute Gasteiger partial charge is 0.332 e. The summed E-state index contributed by atoms with van der Waals surface area (Å²) in [4.78, 5) is 21.6. The molecular formula is C13H21N5O2S. The molecule has 1 saturated heterocycles. The lowest BCUT2D eigenvalue weighted by Crippen LogP contribution is -2.41. The Balaban J connectivity index is 2.45. The average molecular weight is 311 g/mol. The molecule has 0 saturated carbocycles. The van der Waals surface area contributed by atoms with Crippen molar-refractivity contribution in [3.05, 3.63) is 15.8 Å². The van der Waals surface area contributed by atoms with Crippen molar-refractivity contribution in [2.45, 2.75) is 38.2 Å². The van der Waals surface area contributed by atoms with E-state index in [0.717, 1.165) is 13.1 Å². The van der Waals surface area contributed by atoms with Gasteiger partial charge in [0.15, 0.2) is 0 Å². The zero-order valence-corrected chi connectivity index (χ0v) is 13.6. The second kappa shape index (κ2) is 6.46. The minimum Gasteiger partial charge on any atom is -0.354 e. The Hall–Kier alpha value is -1.57. The number of aromatic nitrogens is 2. The highest BCUT2D eigenvalue weighted by Gasteiger charge is 2.31. The normalized spacial score (nSPS) is 22.2. The first-order valence-electron chi connectivity index (χ1n) is 7.09. The minimum atomic E-state index is -0.378. The first-order valence-corrected chi connectivity index (χ1v) is 8.04. The van der Waals surface area contributed by atoms with Crippen LogP contribution in [0.25, 0.3) is 0 Å². The summed E-state index contributed by atoms with van der Waals surface area (Å²) in [5.41, 5.74) is 0.419.